The summed E-state index contributed by atoms with van der Waals surface area (Å²) in [6, 6.07) is 5.18. The van der Waals surface area contributed by atoms with Crippen molar-refractivity contribution in [1.82, 2.24) is 20.2 Å². The van der Waals surface area contributed by atoms with Crippen molar-refractivity contribution < 1.29 is 4.79 Å². The van der Waals surface area contributed by atoms with E-state index in [0.29, 0.717) is 15.7 Å². The number of hydrogen-bond acceptors (Lipinski definition) is 5. The Labute approximate surface area is 101 Å². The Balaban J connectivity index is 2.26. The number of aldehydes is 1. The van der Waals surface area contributed by atoms with Gasteiger partial charge in [0.25, 0.3) is 0 Å². The second-order valence-corrected chi connectivity index (χ2v) is 4.44. The van der Waals surface area contributed by atoms with E-state index in [0.717, 1.165) is 11.2 Å². The summed E-state index contributed by atoms with van der Waals surface area (Å²) in [5, 5.41) is 12.2. The van der Waals surface area contributed by atoms with Gasteiger partial charge in [-0.15, -0.1) is 5.10 Å². The molecule has 0 spiro atoms. The van der Waals surface area contributed by atoms with Crippen LogP contribution in [-0.4, -0.2) is 26.5 Å². The van der Waals surface area contributed by atoms with E-state index in [1.165, 1.54) is 11.8 Å². The summed E-state index contributed by atoms with van der Waals surface area (Å²) >= 11 is 7.29. The van der Waals surface area contributed by atoms with Crippen LogP contribution in [0, 0.1) is 0 Å². The number of carbonyl (C=O) groups excluding carboxylic acids is 1. The third kappa shape index (κ3) is 2.23. The Kier molecular flexibility index (Phi) is 3.21. The third-order valence-corrected chi connectivity index (χ3v) is 3.23. The molecule has 0 saturated carbocycles. The summed E-state index contributed by atoms with van der Waals surface area (Å²) in [5.41, 5.74) is 0.474. The van der Waals surface area contributed by atoms with Gasteiger partial charge in [-0.25, -0.2) is 4.68 Å². The second kappa shape index (κ2) is 4.63. The molecule has 0 aliphatic rings. The number of carbonyl (C=O) groups is 1. The molecule has 0 aliphatic heterocycles. The topological polar surface area (TPSA) is 60.7 Å². The fraction of sp³-hybridized carbons (Fsp3) is 0.111. The fourth-order valence-electron chi connectivity index (χ4n) is 1.08. The highest BCUT2D eigenvalue weighted by Gasteiger charge is 2.06. The molecule has 16 heavy (non-hydrogen) atoms. The molecule has 0 fully saturated rings. The number of benzene rings is 1. The molecule has 82 valence electrons. The average Bonchev–Trinajstić information content (AvgIpc) is 2.65. The molecule has 0 unspecified atom stereocenters. The predicted octanol–water partition coefficient (Wildman–Crippen LogP) is 1.83. The molecule has 7 heteroatoms. The van der Waals surface area contributed by atoms with Crippen LogP contribution in [0.4, 0.5) is 0 Å². The van der Waals surface area contributed by atoms with E-state index in [1.54, 1.807) is 29.9 Å². The Hall–Kier alpha value is -1.40. The first-order valence-electron chi connectivity index (χ1n) is 4.35. The van der Waals surface area contributed by atoms with Gasteiger partial charge in [0.1, 0.15) is 0 Å². The van der Waals surface area contributed by atoms with Crippen molar-refractivity contribution in [2.45, 2.75) is 10.1 Å². The SMILES string of the molecule is Cn1nnnc1Sc1ccc(C=O)c(Cl)c1. The molecular weight excluding hydrogens is 248 g/mol. The predicted molar refractivity (Wildman–Crippen MR) is 59.8 cm³/mol. The molecule has 1 aromatic heterocycles. The molecule has 0 aliphatic carbocycles. The summed E-state index contributed by atoms with van der Waals surface area (Å²) in [7, 11) is 1.75. The van der Waals surface area contributed by atoms with Gasteiger partial charge in [0, 0.05) is 17.5 Å². The molecule has 0 radical (unpaired) electrons. The van der Waals surface area contributed by atoms with Crippen molar-refractivity contribution in [3.63, 3.8) is 0 Å². The minimum Gasteiger partial charge on any atom is -0.298 e. The first kappa shape index (κ1) is 11.1. The van der Waals surface area contributed by atoms with E-state index in [4.69, 9.17) is 11.6 Å². The lowest BCUT2D eigenvalue weighted by Crippen LogP contribution is -1.92. The van der Waals surface area contributed by atoms with E-state index in [2.05, 4.69) is 15.5 Å². The second-order valence-electron chi connectivity index (χ2n) is 2.99. The lowest BCUT2D eigenvalue weighted by Gasteiger charge is -2.01. The summed E-state index contributed by atoms with van der Waals surface area (Å²) in [5.74, 6) is 0. The monoisotopic (exact) mass is 254 g/mol. The molecule has 1 heterocycles. The van der Waals surface area contributed by atoms with Crippen LogP contribution in [0.2, 0.25) is 5.02 Å². The van der Waals surface area contributed by atoms with Gasteiger partial charge in [-0.1, -0.05) is 11.6 Å². The van der Waals surface area contributed by atoms with Crippen LogP contribution in [0.5, 0.6) is 0 Å². The van der Waals surface area contributed by atoms with E-state index in [-0.39, 0.29) is 0 Å². The summed E-state index contributed by atoms with van der Waals surface area (Å²) in [4.78, 5) is 11.5. The number of halogens is 1. The molecule has 0 saturated heterocycles. The third-order valence-electron chi connectivity index (χ3n) is 1.89. The summed E-state index contributed by atoms with van der Waals surface area (Å²) in [6.07, 6.45) is 0.723. The van der Waals surface area contributed by atoms with E-state index < -0.39 is 0 Å². The molecule has 5 nitrogen and oxygen atoms in total. The maximum atomic E-state index is 10.6. The van der Waals surface area contributed by atoms with Crippen LogP contribution in [0.15, 0.2) is 28.3 Å². The summed E-state index contributed by atoms with van der Waals surface area (Å²) < 4.78 is 1.56. The van der Waals surface area contributed by atoms with Gasteiger partial charge in [-0.3, -0.25) is 4.79 Å². The highest BCUT2D eigenvalue weighted by molar-refractivity contribution is 7.99. The Morgan fingerprint density at radius 1 is 1.50 bits per heavy atom. The van der Waals surface area contributed by atoms with Gasteiger partial charge < -0.3 is 0 Å². The number of aromatic nitrogens is 4. The number of nitrogens with zero attached hydrogens (tertiary/aromatic N) is 4. The van der Waals surface area contributed by atoms with Crippen molar-refractivity contribution >= 4 is 29.6 Å². The lowest BCUT2D eigenvalue weighted by molar-refractivity contribution is 0.112. The quantitative estimate of drug-likeness (QED) is 0.782. The number of aryl methyl sites for hydroxylation is 1. The maximum absolute atomic E-state index is 10.6. The van der Waals surface area contributed by atoms with Gasteiger partial charge in [-0.2, -0.15) is 0 Å². The van der Waals surface area contributed by atoms with Crippen molar-refractivity contribution in [3.05, 3.63) is 28.8 Å². The van der Waals surface area contributed by atoms with Gasteiger partial charge in [0.15, 0.2) is 6.29 Å². The normalized spacial score (nSPS) is 10.4. The number of rotatable bonds is 3. The van der Waals surface area contributed by atoms with Crippen molar-refractivity contribution in [3.8, 4) is 0 Å². The van der Waals surface area contributed by atoms with Crippen LogP contribution in [-0.2, 0) is 7.05 Å². The van der Waals surface area contributed by atoms with E-state index in [9.17, 15) is 4.79 Å². The standard InChI is InChI=1S/C9H7ClN4OS/c1-14-9(11-12-13-14)16-7-3-2-6(5-15)8(10)4-7/h2-5H,1H3. The Bertz CT molecular complexity index is 528. The minimum absolute atomic E-state index is 0.426. The van der Waals surface area contributed by atoms with Crippen molar-refractivity contribution in [2.24, 2.45) is 7.05 Å². The molecule has 0 amide bonds. The van der Waals surface area contributed by atoms with Crippen LogP contribution in [0.1, 0.15) is 10.4 Å². The molecule has 2 rings (SSSR count). The first-order chi connectivity index (χ1) is 7.70. The summed E-state index contributed by atoms with van der Waals surface area (Å²) in [6.45, 7) is 0. The average molecular weight is 255 g/mol. The van der Waals surface area contributed by atoms with Crippen LogP contribution >= 0.6 is 23.4 Å². The smallest absolute Gasteiger partial charge is 0.213 e. The zero-order valence-electron chi connectivity index (χ0n) is 8.29. The maximum Gasteiger partial charge on any atom is 0.213 e. The van der Waals surface area contributed by atoms with Crippen LogP contribution in [0.3, 0.4) is 0 Å². The van der Waals surface area contributed by atoms with Crippen molar-refractivity contribution in [2.75, 3.05) is 0 Å². The highest BCUT2D eigenvalue weighted by Crippen LogP contribution is 2.28. The molecular formula is C9H7ClN4OS. The van der Waals surface area contributed by atoms with Gasteiger partial charge in [0.2, 0.25) is 5.16 Å². The Morgan fingerprint density at radius 3 is 2.88 bits per heavy atom. The molecule has 2 aromatic rings. The van der Waals surface area contributed by atoms with E-state index in [1.807, 2.05) is 0 Å². The highest BCUT2D eigenvalue weighted by atomic mass is 35.5. The minimum atomic E-state index is 0.426. The van der Waals surface area contributed by atoms with Gasteiger partial charge in [-0.05, 0) is 40.4 Å². The Morgan fingerprint density at radius 2 is 2.31 bits per heavy atom. The molecule has 0 bridgehead atoms. The zero-order chi connectivity index (χ0) is 11.5. The zero-order valence-corrected chi connectivity index (χ0v) is 9.87. The number of tetrazole rings is 1. The van der Waals surface area contributed by atoms with Gasteiger partial charge in [0.05, 0.1) is 5.02 Å². The molecule has 0 atom stereocenters. The van der Waals surface area contributed by atoms with Gasteiger partial charge >= 0.3 is 0 Å². The van der Waals surface area contributed by atoms with Crippen molar-refractivity contribution in [1.29, 1.82) is 0 Å². The lowest BCUT2D eigenvalue weighted by atomic mass is 10.2. The molecule has 1 aromatic carbocycles. The van der Waals surface area contributed by atoms with E-state index >= 15 is 0 Å². The molecule has 0 N–H and O–H groups in total. The largest absolute Gasteiger partial charge is 0.298 e. The van der Waals surface area contributed by atoms with Crippen LogP contribution < -0.4 is 0 Å². The number of hydrogen-bond donors (Lipinski definition) is 0. The first-order valence-corrected chi connectivity index (χ1v) is 5.55. The fourth-order valence-corrected chi connectivity index (χ4v) is 2.14. The van der Waals surface area contributed by atoms with Crippen LogP contribution in [0.25, 0.3) is 0 Å².